The van der Waals surface area contributed by atoms with Crippen molar-refractivity contribution >= 4 is 17.4 Å². The number of nitrogens with two attached hydrogens (primary N) is 1. The number of nitrogen functional groups attached to an aromatic ring is 1. The molecule has 0 aliphatic heterocycles. The molecule has 0 radical (unpaired) electrons. The van der Waals surface area contributed by atoms with Crippen LogP contribution in [-0.2, 0) is 12.0 Å². The van der Waals surface area contributed by atoms with Crippen molar-refractivity contribution in [1.29, 1.82) is 0 Å². The molecule has 100 valence electrons. The Kier molecular flexibility index (Phi) is 4.40. The van der Waals surface area contributed by atoms with Crippen molar-refractivity contribution in [2.45, 2.75) is 18.4 Å². The van der Waals surface area contributed by atoms with E-state index in [1.54, 1.807) is 12.3 Å². The van der Waals surface area contributed by atoms with Crippen LogP contribution in [0.3, 0.4) is 0 Å². The van der Waals surface area contributed by atoms with Gasteiger partial charge in [-0.1, -0.05) is 30.3 Å². The molecular formula is C15H17ClN2O. The number of alkyl halides is 1. The van der Waals surface area contributed by atoms with Gasteiger partial charge in [0.25, 0.3) is 0 Å². The zero-order valence-electron chi connectivity index (χ0n) is 10.6. The molecule has 0 saturated heterocycles. The second-order valence-electron chi connectivity index (χ2n) is 4.60. The molecule has 1 heterocycles. The number of anilines is 1. The summed E-state index contributed by atoms with van der Waals surface area (Å²) >= 11 is 5.84. The summed E-state index contributed by atoms with van der Waals surface area (Å²) in [6.07, 6.45) is 2.61. The van der Waals surface area contributed by atoms with Crippen LogP contribution in [-0.4, -0.2) is 16.0 Å². The molecular weight excluding hydrogens is 260 g/mol. The summed E-state index contributed by atoms with van der Waals surface area (Å²) in [6.45, 7) is 0. The number of halogens is 1. The number of nitrogens with zero attached hydrogens (tertiary/aromatic N) is 1. The summed E-state index contributed by atoms with van der Waals surface area (Å²) in [5.74, 6) is 0.852. The number of rotatable bonds is 5. The van der Waals surface area contributed by atoms with Gasteiger partial charge in [0.1, 0.15) is 5.82 Å². The average molecular weight is 277 g/mol. The van der Waals surface area contributed by atoms with Gasteiger partial charge >= 0.3 is 0 Å². The highest BCUT2D eigenvalue weighted by molar-refractivity contribution is 6.17. The first-order chi connectivity index (χ1) is 9.14. The van der Waals surface area contributed by atoms with E-state index < -0.39 is 5.60 Å². The van der Waals surface area contributed by atoms with Gasteiger partial charge < -0.3 is 10.8 Å². The monoisotopic (exact) mass is 276 g/mol. The maximum atomic E-state index is 10.9. The van der Waals surface area contributed by atoms with Gasteiger partial charge in [0.05, 0.1) is 5.60 Å². The van der Waals surface area contributed by atoms with Gasteiger partial charge in [-0.15, -0.1) is 11.6 Å². The van der Waals surface area contributed by atoms with E-state index >= 15 is 0 Å². The Morgan fingerprint density at radius 3 is 2.58 bits per heavy atom. The van der Waals surface area contributed by atoms with Crippen molar-refractivity contribution in [3.63, 3.8) is 0 Å². The molecule has 0 bridgehead atoms. The molecule has 0 spiro atoms. The molecule has 2 rings (SSSR count). The van der Waals surface area contributed by atoms with Gasteiger partial charge in [0.2, 0.25) is 0 Å². The Balaban J connectivity index is 2.30. The van der Waals surface area contributed by atoms with Crippen molar-refractivity contribution in [2.24, 2.45) is 0 Å². The average Bonchev–Trinajstić information content (AvgIpc) is 2.40. The van der Waals surface area contributed by atoms with Gasteiger partial charge in [0, 0.05) is 18.5 Å². The summed E-state index contributed by atoms with van der Waals surface area (Å²) in [6, 6.07) is 13.2. The highest BCUT2D eigenvalue weighted by atomic mass is 35.5. The van der Waals surface area contributed by atoms with Crippen LogP contribution in [0, 0.1) is 0 Å². The highest BCUT2D eigenvalue weighted by Crippen LogP contribution is 2.30. The standard InChI is InChI=1S/C15H17ClN2O/c16-8-7-15(19,13-4-2-1-3-5-13)11-12-6-9-18-14(17)10-12/h1-6,9-10,19H,7-8,11H2,(H2,17,18). The SMILES string of the molecule is Nc1cc(CC(O)(CCCl)c2ccccc2)ccn1. The number of hydrogen-bond acceptors (Lipinski definition) is 3. The summed E-state index contributed by atoms with van der Waals surface area (Å²) in [5, 5.41) is 10.9. The molecule has 0 fully saturated rings. The van der Waals surface area contributed by atoms with Gasteiger partial charge in [-0.2, -0.15) is 0 Å². The molecule has 1 unspecified atom stereocenters. The zero-order valence-corrected chi connectivity index (χ0v) is 11.3. The lowest BCUT2D eigenvalue weighted by Gasteiger charge is -2.28. The van der Waals surface area contributed by atoms with Crippen molar-refractivity contribution in [3.05, 3.63) is 59.8 Å². The first kappa shape index (κ1) is 13.8. The van der Waals surface area contributed by atoms with E-state index in [4.69, 9.17) is 17.3 Å². The molecule has 1 atom stereocenters. The second kappa shape index (κ2) is 6.04. The molecule has 3 nitrogen and oxygen atoms in total. The lowest BCUT2D eigenvalue weighted by Crippen LogP contribution is -2.29. The van der Waals surface area contributed by atoms with Crippen molar-refractivity contribution in [3.8, 4) is 0 Å². The molecule has 0 amide bonds. The maximum absolute atomic E-state index is 10.9. The van der Waals surface area contributed by atoms with Gasteiger partial charge in [-0.3, -0.25) is 0 Å². The van der Waals surface area contributed by atoms with E-state index in [2.05, 4.69) is 4.98 Å². The van der Waals surface area contributed by atoms with Crippen LogP contribution >= 0.6 is 11.6 Å². The minimum atomic E-state index is -0.975. The fraction of sp³-hybridized carbons (Fsp3) is 0.267. The van der Waals surface area contributed by atoms with Crippen molar-refractivity contribution < 1.29 is 5.11 Å². The molecule has 1 aromatic carbocycles. The van der Waals surface area contributed by atoms with E-state index in [0.29, 0.717) is 24.5 Å². The number of aliphatic hydroxyl groups is 1. The topological polar surface area (TPSA) is 59.1 Å². The Bertz CT molecular complexity index is 533. The Morgan fingerprint density at radius 1 is 1.21 bits per heavy atom. The van der Waals surface area contributed by atoms with Crippen LogP contribution in [0.2, 0.25) is 0 Å². The van der Waals surface area contributed by atoms with E-state index in [9.17, 15) is 5.11 Å². The molecule has 4 heteroatoms. The third-order valence-corrected chi connectivity index (χ3v) is 3.35. The molecule has 0 aliphatic rings. The van der Waals surface area contributed by atoms with Crippen LogP contribution in [0.4, 0.5) is 5.82 Å². The van der Waals surface area contributed by atoms with Crippen LogP contribution in [0.25, 0.3) is 0 Å². The van der Waals surface area contributed by atoms with Gasteiger partial charge in [-0.05, 0) is 29.7 Å². The van der Waals surface area contributed by atoms with E-state index in [1.807, 2.05) is 36.4 Å². The third kappa shape index (κ3) is 3.46. The normalized spacial score (nSPS) is 14.0. The summed E-state index contributed by atoms with van der Waals surface area (Å²) in [4.78, 5) is 3.96. The Labute approximate surface area is 118 Å². The largest absolute Gasteiger partial charge is 0.385 e. The minimum absolute atomic E-state index is 0.395. The number of hydrogen-bond donors (Lipinski definition) is 2. The van der Waals surface area contributed by atoms with Crippen molar-refractivity contribution in [1.82, 2.24) is 4.98 Å². The summed E-state index contributed by atoms with van der Waals surface area (Å²) < 4.78 is 0. The zero-order chi connectivity index (χ0) is 13.7. The lowest BCUT2D eigenvalue weighted by molar-refractivity contribution is 0.0336. The molecule has 0 saturated carbocycles. The molecule has 0 aliphatic carbocycles. The molecule has 3 N–H and O–H groups in total. The van der Waals surface area contributed by atoms with Gasteiger partial charge in [-0.25, -0.2) is 4.98 Å². The molecule has 19 heavy (non-hydrogen) atoms. The third-order valence-electron chi connectivity index (χ3n) is 3.16. The maximum Gasteiger partial charge on any atom is 0.123 e. The second-order valence-corrected chi connectivity index (χ2v) is 4.98. The number of pyridine rings is 1. The lowest BCUT2D eigenvalue weighted by atomic mass is 9.85. The summed E-state index contributed by atoms with van der Waals surface area (Å²) in [5.41, 5.74) is 6.51. The first-order valence-corrected chi connectivity index (χ1v) is 6.72. The predicted octanol–water partition coefficient (Wildman–Crippen LogP) is 2.72. The van der Waals surface area contributed by atoms with E-state index in [-0.39, 0.29) is 0 Å². The molecule has 2 aromatic rings. The van der Waals surface area contributed by atoms with E-state index in [0.717, 1.165) is 11.1 Å². The quantitative estimate of drug-likeness (QED) is 0.826. The fourth-order valence-corrected chi connectivity index (χ4v) is 2.49. The molecule has 1 aromatic heterocycles. The summed E-state index contributed by atoms with van der Waals surface area (Å²) in [7, 11) is 0. The first-order valence-electron chi connectivity index (χ1n) is 6.18. The minimum Gasteiger partial charge on any atom is -0.385 e. The predicted molar refractivity (Wildman–Crippen MR) is 78.0 cm³/mol. The number of benzene rings is 1. The van der Waals surface area contributed by atoms with E-state index in [1.165, 1.54) is 0 Å². The smallest absolute Gasteiger partial charge is 0.123 e. The number of aromatic nitrogens is 1. The van der Waals surface area contributed by atoms with Gasteiger partial charge in [0.15, 0.2) is 0 Å². The Hall–Kier alpha value is -1.58. The van der Waals surface area contributed by atoms with Crippen LogP contribution in [0.1, 0.15) is 17.5 Å². The van der Waals surface area contributed by atoms with Crippen LogP contribution in [0.15, 0.2) is 48.7 Å². The Morgan fingerprint density at radius 2 is 1.95 bits per heavy atom. The van der Waals surface area contributed by atoms with Crippen LogP contribution < -0.4 is 5.73 Å². The highest BCUT2D eigenvalue weighted by Gasteiger charge is 2.28. The van der Waals surface area contributed by atoms with Crippen LogP contribution in [0.5, 0.6) is 0 Å². The van der Waals surface area contributed by atoms with Crippen molar-refractivity contribution in [2.75, 3.05) is 11.6 Å². The fourth-order valence-electron chi connectivity index (χ4n) is 2.18.